The summed E-state index contributed by atoms with van der Waals surface area (Å²) in [6.07, 6.45) is 2.92. The van der Waals surface area contributed by atoms with Gasteiger partial charge in [0.05, 0.1) is 12.1 Å². The molecule has 1 aliphatic carbocycles. The van der Waals surface area contributed by atoms with Crippen LogP contribution in [0, 0.1) is 19.8 Å². The minimum Gasteiger partial charge on any atom is -0.379 e. The van der Waals surface area contributed by atoms with Crippen molar-refractivity contribution in [3.63, 3.8) is 0 Å². The second kappa shape index (κ2) is 5.19. The Morgan fingerprint density at radius 3 is 2.18 bits per heavy atom. The molecular formula is C15H23NO. The first-order chi connectivity index (χ1) is 8.15. The molecule has 94 valence electrons. The molecular weight excluding hydrogens is 210 g/mol. The van der Waals surface area contributed by atoms with E-state index in [1.54, 1.807) is 0 Å². The smallest absolute Gasteiger partial charge is 0.0793 e. The number of methoxy groups -OCH3 is 1. The van der Waals surface area contributed by atoms with Gasteiger partial charge in [-0.05, 0) is 45.2 Å². The van der Waals surface area contributed by atoms with Crippen LogP contribution in [0.5, 0.6) is 0 Å². The lowest BCUT2D eigenvalue weighted by atomic mass is 9.95. The SMILES string of the molecule is CNC(c1cc(C)cc(C)c1)C(OC)C1CC1. The first-order valence-electron chi connectivity index (χ1n) is 6.44. The molecule has 2 atom stereocenters. The molecule has 2 nitrogen and oxygen atoms in total. The van der Waals surface area contributed by atoms with Gasteiger partial charge in [-0.25, -0.2) is 0 Å². The molecule has 0 spiro atoms. The van der Waals surface area contributed by atoms with Gasteiger partial charge in [0.2, 0.25) is 0 Å². The van der Waals surface area contributed by atoms with Gasteiger partial charge in [0, 0.05) is 7.11 Å². The lowest BCUT2D eigenvalue weighted by molar-refractivity contribution is 0.0530. The number of rotatable bonds is 5. The molecule has 1 aliphatic rings. The van der Waals surface area contributed by atoms with Crippen LogP contribution in [0.1, 0.15) is 35.6 Å². The maximum atomic E-state index is 5.70. The Labute approximate surface area is 104 Å². The van der Waals surface area contributed by atoms with Crippen molar-refractivity contribution < 1.29 is 4.74 Å². The highest BCUT2D eigenvalue weighted by Gasteiger charge is 2.36. The van der Waals surface area contributed by atoms with Crippen molar-refractivity contribution in [1.29, 1.82) is 0 Å². The minimum atomic E-state index is 0.307. The number of aryl methyl sites for hydroxylation is 2. The molecule has 2 rings (SSSR count). The Morgan fingerprint density at radius 2 is 1.76 bits per heavy atom. The van der Waals surface area contributed by atoms with Crippen LogP contribution in [0.4, 0.5) is 0 Å². The Balaban J connectivity index is 2.26. The quantitative estimate of drug-likeness (QED) is 0.844. The van der Waals surface area contributed by atoms with Crippen LogP contribution in [-0.2, 0) is 4.74 Å². The van der Waals surface area contributed by atoms with Crippen molar-refractivity contribution in [3.8, 4) is 0 Å². The molecule has 0 heterocycles. The van der Waals surface area contributed by atoms with Gasteiger partial charge in [-0.3, -0.25) is 0 Å². The third kappa shape index (κ3) is 2.88. The van der Waals surface area contributed by atoms with Crippen molar-refractivity contribution in [2.24, 2.45) is 5.92 Å². The highest BCUT2D eigenvalue weighted by Crippen LogP contribution is 2.39. The van der Waals surface area contributed by atoms with Crippen LogP contribution in [0.25, 0.3) is 0 Å². The second-order valence-electron chi connectivity index (χ2n) is 5.23. The summed E-state index contributed by atoms with van der Waals surface area (Å²) >= 11 is 0. The maximum Gasteiger partial charge on any atom is 0.0793 e. The van der Waals surface area contributed by atoms with Crippen LogP contribution >= 0.6 is 0 Å². The fourth-order valence-corrected chi connectivity index (χ4v) is 2.74. The highest BCUT2D eigenvalue weighted by atomic mass is 16.5. The first kappa shape index (κ1) is 12.6. The van der Waals surface area contributed by atoms with Crippen molar-refractivity contribution in [1.82, 2.24) is 5.32 Å². The number of hydrogen-bond acceptors (Lipinski definition) is 2. The highest BCUT2D eigenvalue weighted by molar-refractivity contribution is 5.31. The van der Waals surface area contributed by atoms with E-state index >= 15 is 0 Å². The van der Waals surface area contributed by atoms with E-state index in [4.69, 9.17) is 4.74 Å². The summed E-state index contributed by atoms with van der Waals surface area (Å²) < 4.78 is 5.70. The summed E-state index contributed by atoms with van der Waals surface area (Å²) in [7, 11) is 3.85. The second-order valence-corrected chi connectivity index (χ2v) is 5.23. The van der Waals surface area contributed by atoms with E-state index in [9.17, 15) is 0 Å². The summed E-state index contributed by atoms with van der Waals surface area (Å²) in [4.78, 5) is 0. The predicted octanol–water partition coefficient (Wildman–Crippen LogP) is 2.99. The molecule has 1 aromatic carbocycles. The lowest BCUT2D eigenvalue weighted by Gasteiger charge is -2.26. The van der Waals surface area contributed by atoms with E-state index in [0.29, 0.717) is 12.1 Å². The lowest BCUT2D eigenvalue weighted by Crippen LogP contribution is -2.32. The maximum absolute atomic E-state index is 5.70. The Bertz CT molecular complexity index is 364. The van der Waals surface area contributed by atoms with Gasteiger partial charge >= 0.3 is 0 Å². The van der Waals surface area contributed by atoms with Gasteiger partial charge in [0.25, 0.3) is 0 Å². The van der Waals surface area contributed by atoms with Crippen molar-refractivity contribution in [2.45, 2.75) is 38.8 Å². The van der Waals surface area contributed by atoms with Gasteiger partial charge in [0.1, 0.15) is 0 Å². The zero-order valence-corrected chi connectivity index (χ0v) is 11.3. The fraction of sp³-hybridized carbons (Fsp3) is 0.600. The van der Waals surface area contributed by atoms with Crippen LogP contribution < -0.4 is 5.32 Å². The van der Waals surface area contributed by atoms with E-state index in [1.165, 1.54) is 29.5 Å². The molecule has 0 radical (unpaired) electrons. The summed E-state index contributed by atoms with van der Waals surface area (Å²) in [5, 5.41) is 3.42. The van der Waals surface area contributed by atoms with Crippen LogP contribution in [0.3, 0.4) is 0 Å². The number of hydrogen-bond donors (Lipinski definition) is 1. The van der Waals surface area contributed by atoms with Crippen LogP contribution in [0.15, 0.2) is 18.2 Å². The molecule has 1 N–H and O–H groups in total. The zero-order valence-electron chi connectivity index (χ0n) is 11.3. The van der Waals surface area contributed by atoms with Crippen molar-refractivity contribution in [2.75, 3.05) is 14.2 Å². The molecule has 1 fully saturated rings. The third-order valence-corrected chi connectivity index (χ3v) is 3.60. The normalized spacial score (nSPS) is 19.1. The number of nitrogens with one attached hydrogen (secondary N) is 1. The predicted molar refractivity (Wildman–Crippen MR) is 71.2 cm³/mol. The van der Waals surface area contributed by atoms with Gasteiger partial charge in [-0.1, -0.05) is 29.3 Å². The average molecular weight is 233 g/mol. The fourth-order valence-electron chi connectivity index (χ4n) is 2.74. The number of likely N-dealkylation sites (N-methyl/N-ethyl adjacent to an activating group) is 1. The van der Waals surface area contributed by atoms with Gasteiger partial charge < -0.3 is 10.1 Å². The van der Waals surface area contributed by atoms with E-state index in [2.05, 4.69) is 37.4 Å². The molecule has 0 amide bonds. The topological polar surface area (TPSA) is 21.3 Å². The monoisotopic (exact) mass is 233 g/mol. The van der Waals surface area contributed by atoms with Crippen molar-refractivity contribution in [3.05, 3.63) is 34.9 Å². The molecule has 0 aliphatic heterocycles. The summed E-state index contributed by atoms with van der Waals surface area (Å²) in [5.41, 5.74) is 4.00. The summed E-state index contributed by atoms with van der Waals surface area (Å²) in [6, 6.07) is 7.06. The van der Waals surface area contributed by atoms with E-state index in [-0.39, 0.29) is 0 Å². The molecule has 0 saturated heterocycles. The molecule has 1 saturated carbocycles. The molecule has 1 aromatic rings. The Hall–Kier alpha value is -0.860. The van der Waals surface area contributed by atoms with Crippen LogP contribution in [0.2, 0.25) is 0 Å². The summed E-state index contributed by atoms with van der Waals surface area (Å²) in [5.74, 6) is 0.735. The van der Waals surface area contributed by atoms with Crippen LogP contribution in [-0.4, -0.2) is 20.3 Å². The van der Waals surface area contributed by atoms with Gasteiger partial charge in [-0.15, -0.1) is 0 Å². The molecule has 0 aromatic heterocycles. The molecule has 0 bridgehead atoms. The average Bonchev–Trinajstić information content (AvgIpc) is 3.08. The van der Waals surface area contributed by atoms with E-state index < -0.39 is 0 Å². The van der Waals surface area contributed by atoms with Crippen molar-refractivity contribution >= 4 is 0 Å². The third-order valence-electron chi connectivity index (χ3n) is 3.60. The van der Waals surface area contributed by atoms with Gasteiger partial charge in [0.15, 0.2) is 0 Å². The first-order valence-corrected chi connectivity index (χ1v) is 6.44. The standard InChI is InChI=1S/C15H23NO/c1-10-7-11(2)9-13(8-10)14(16-3)15(17-4)12-5-6-12/h7-9,12,14-16H,5-6H2,1-4H3. The number of ether oxygens (including phenoxy) is 1. The Kier molecular flexibility index (Phi) is 3.85. The van der Waals surface area contributed by atoms with E-state index in [1.807, 2.05) is 14.2 Å². The van der Waals surface area contributed by atoms with Gasteiger partial charge in [-0.2, -0.15) is 0 Å². The Morgan fingerprint density at radius 1 is 1.18 bits per heavy atom. The van der Waals surface area contributed by atoms with E-state index in [0.717, 1.165) is 5.92 Å². The minimum absolute atomic E-state index is 0.307. The molecule has 2 unspecified atom stereocenters. The molecule has 17 heavy (non-hydrogen) atoms. The zero-order chi connectivity index (χ0) is 12.4. The number of benzene rings is 1. The molecule has 2 heteroatoms. The largest absolute Gasteiger partial charge is 0.379 e. The summed E-state index contributed by atoms with van der Waals surface area (Å²) in [6.45, 7) is 4.31.